The van der Waals surface area contributed by atoms with Gasteiger partial charge < -0.3 is 9.88 Å². The van der Waals surface area contributed by atoms with Crippen molar-refractivity contribution in [1.82, 2.24) is 14.9 Å². The van der Waals surface area contributed by atoms with Gasteiger partial charge in [-0.2, -0.15) is 0 Å². The summed E-state index contributed by atoms with van der Waals surface area (Å²) < 4.78 is 0.278. The summed E-state index contributed by atoms with van der Waals surface area (Å²) in [5, 5.41) is 0.520. The number of fused-ring (bicyclic) bond motifs is 2. The molecule has 2 heterocycles. The lowest BCUT2D eigenvalue weighted by molar-refractivity contribution is 0.0521. The Labute approximate surface area is 145 Å². The number of amides is 1. The van der Waals surface area contributed by atoms with Gasteiger partial charge in [-0.15, -0.1) is 0 Å². The third-order valence-electron chi connectivity index (χ3n) is 5.56. The monoisotopic (exact) mass is 343 g/mol. The minimum Gasteiger partial charge on any atom is -0.338 e. The van der Waals surface area contributed by atoms with Gasteiger partial charge in [-0.1, -0.05) is 19.3 Å². The molecular weight excluding hydrogens is 322 g/mol. The van der Waals surface area contributed by atoms with Crippen LogP contribution in [0.2, 0.25) is 0 Å². The van der Waals surface area contributed by atoms with Crippen molar-refractivity contribution in [2.45, 2.75) is 32.1 Å². The fourth-order valence-electron chi connectivity index (χ4n) is 4.27. The molecule has 1 saturated heterocycles. The number of H-pyrrole nitrogens is 2. The van der Waals surface area contributed by atoms with Crippen LogP contribution in [0, 0.1) is 16.6 Å². The number of piperidine rings is 1. The number of nitrogens with zero attached hydrogens (tertiary/aromatic N) is 1. The number of likely N-dealkylation sites (tertiary alicyclic amines) is 1. The van der Waals surface area contributed by atoms with E-state index in [0.29, 0.717) is 22.4 Å². The summed E-state index contributed by atoms with van der Waals surface area (Å²) in [4.78, 5) is 32.3. The SMILES string of the molecule is O=C(c1ccc2c(=O)[nH]c(=S)[nH]c2c1)N1CC[C@H]2CCCC[C@H]2C1. The molecule has 24 heavy (non-hydrogen) atoms. The largest absolute Gasteiger partial charge is 0.338 e. The third-order valence-corrected chi connectivity index (χ3v) is 5.77. The van der Waals surface area contributed by atoms with Gasteiger partial charge in [0.15, 0.2) is 4.77 Å². The summed E-state index contributed by atoms with van der Waals surface area (Å²) in [7, 11) is 0. The summed E-state index contributed by atoms with van der Waals surface area (Å²) in [6, 6.07) is 5.18. The van der Waals surface area contributed by atoms with Crippen LogP contribution in [0.4, 0.5) is 0 Å². The number of aromatic amines is 2. The average Bonchev–Trinajstić information content (AvgIpc) is 2.60. The van der Waals surface area contributed by atoms with E-state index in [0.717, 1.165) is 25.4 Å². The highest BCUT2D eigenvalue weighted by molar-refractivity contribution is 7.71. The molecule has 5 nitrogen and oxygen atoms in total. The molecule has 4 rings (SSSR count). The van der Waals surface area contributed by atoms with E-state index in [1.165, 1.54) is 25.7 Å². The smallest absolute Gasteiger partial charge is 0.259 e. The lowest BCUT2D eigenvalue weighted by atomic mass is 9.75. The molecule has 1 aromatic carbocycles. The van der Waals surface area contributed by atoms with Crippen molar-refractivity contribution in [1.29, 1.82) is 0 Å². The second kappa shape index (κ2) is 6.16. The first kappa shape index (κ1) is 15.6. The number of carbonyl (C=O) groups is 1. The highest BCUT2D eigenvalue weighted by atomic mass is 32.1. The molecule has 0 bridgehead atoms. The first-order chi connectivity index (χ1) is 11.6. The molecule has 2 atom stereocenters. The van der Waals surface area contributed by atoms with Gasteiger partial charge >= 0.3 is 0 Å². The van der Waals surface area contributed by atoms with E-state index in [4.69, 9.17) is 12.2 Å². The van der Waals surface area contributed by atoms with Crippen LogP contribution in [0.1, 0.15) is 42.5 Å². The van der Waals surface area contributed by atoms with E-state index < -0.39 is 0 Å². The molecule has 2 aliphatic rings. The summed E-state index contributed by atoms with van der Waals surface area (Å²) in [5.74, 6) is 1.51. The Hall–Kier alpha value is -1.95. The minimum absolute atomic E-state index is 0.0560. The molecule has 126 valence electrons. The van der Waals surface area contributed by atoms with Crippen molar-refractivity contribution >= 4 is 29.0 Å². The molecular formula is C18H21N3O2S. The molecule has 1 aliphatic carbocycles. The summed E-state index contributed by atoms with van der Waals surface area (Å²) in [6.07, 6.45) is 6.31. The quantitative estimate of drug-likeness (QED) is 0.781. The van der Waals surface area contributed by atoms with Crippen LogP contribution in [0.5, 0.6) is 0 Å². The van der Waals surface area contributed by atoms with Crippen LogP contribution in [-0.4, -0.2) is 33.9 Å². The highest BCUT2D eigenvalue weighted by Gasteiger charge is 2.33. The van der Waals surface area contributed by atoms with Crippen molar-refractivity contribution in [2.75, 3.05) is 13.1 Å². The fraction of sp³-hybridized carbons (Fsp3) is 0.500. The summed E-state index contributed by atoms with van der Waals surface area (Å²) in [5.41, 5.74) is 1.01. The Bertz CT molecular complexity index is 901. The second-order valence-corrected chi connectivity index (χ2v) is 7.42. The number of rotatable bonds is 1. The normalized spacial score (nSPS) is 23.9. The Kier molecular flexibility index (Phi) is 4.00. The molecule has 1 aromatic heterocycles. The number of carbonyl (C=O) groups excluding carboxylic acids is 1. The Morgan fingerprint density at radius 2 is 1.92 bits per heavy atom. The van der Waals surface area contributed by atoms with Crippen molar-refractivity contribution in [3.8, 4) is 0 Å². The highest BCUT2D eigenvalue weighted by Crippen LogP contribution is 2.36. The fourth-order valence-corrected chi connectivity index (χ4v) is 4.47. The zero-order valence-corrected chi connectivity index (χ0v) is 14.3. The first-order valence-electron chi connectivity index (χ1n) is 8.67. The molecule has 1 amide bonds. The lowest BCUT2D eigenvalue weighted by Crippen LogP contribution is -2.44. The molecule has 0 unspecified atom stereocenters. The third kappa shape index (κ3) is 2.79. The number of aromatic nitrogens is 2. The van der Waals surface area contributed by atoms with E-state index in [-0.39, 0.29) is 16.2 Å². The Morgan fingerprint density at radius 3 is 2.75 bits per heavy atom. The van der Waals surface area contributed by atoms with Crippen LogP contribution in [0.25, 0.3) is 10.9 Å². The van der Waals surface area contributed by atoms with Gasteiger partial charge in [-0.05, 0) is 55.1 Å². The van der Waals surface area contributed by atoms with Crippen molar-refractivity contribution < 1.29 is 4.79 Å². The lowest BCUT2D eigenvalue weighted by Gasteiger charge is -2.41. The molecule has 2 N–H and O–H groups in total. The summed E-state index contributed by atoms with van der Waals surface area (Å²) >= 11 is 5.02. The Balaban J connectivity index is 1.61. The first-order valence-corrected chi connectivity index (χ1v) is 9.08. The van der Waals surface area contributed by atoms with E-state index in [1.807, 2.05) is 4.90 Å². The van der Waals surface area contributed by atoms with Crippen molar-refractivity contribution in [3.63, 3.8) is 0 Å². The van der Waals surface area contributed by atoms with Crippen LogP contribution in [0.3, 0.4) is 0 Å². The molecule has 1 aliphatic heterocycles. The summed E-state index contributed by atoms with van der Waals surface area (Å²) in [6.45, 7) is 1.70. The predicted molar refractivity (Wildman–Crippen MR) is 95.7 cm³/mol. The predicted octanol–water partition coefficient (Wildman–Crippen LogP) is 3.24. The standard InChI is InChI=1S/C18H21N3O2S/c22-16-14-6-5-12(9-15(14)19-18(24)20-16)17(23)21-8-7-11-3-1-2-4-13(11)10-21/h5-6,9,11,13H,1-4,7-8,10H2,(H2,19,20,22,24)/t11-,13+/m1/s1. The molecule has 0 radical (unpaired) electrons. The maximum absolute atomic E-state index is 12.9. The van der Waals surface area contributed by atoms with E-state index in [2.05, 4.69) is 9.97 Å². The van der Waals surface area contributed by atoms with Gasteiger partial charge in [0.25, 0.3) is 11.5 Å². The zero-order valence-electron chi connectivity index (χ0n) is 13.5. The topological polar surface area (TPSA) is 69.0 Å². The number of hydrogen-bond acceptors (Lipinski definition) is 3. The minimum atomic E-state index is -0.226. The van der Waals surface area contributed by atoms with Crippen molar-refractivity contribution in [2.24, 2.45) is 11.8 Å². The average molecular weight is 343 g/mol. The van der Waals surface area contributed by atoms with E-state index in [9.17, 15) is 9.59 Å². The molecule has 0 spiro atoms. The van der Waals surface area contributed by atoms with Crippen LogP contribution >= 0.6 is 12.2 Å². The van der Waals surface area contributed by atoms with Crippen LogP contribution in [-0.2, 0) is 0 Å². The van der Waals surface area contributed by atoms with Gasteiger partial charge in [0.1, 0.15) is 0 Å². The number of hydrogen-bond donors (Lipinski definition) is 2. The zero-order chi connectivity index (χ0) is 16.7. The molecule has 6 heteroatoms. The van der Waals surface area contributed by atoms with Gasteiger partial charge in [-0.3, -0.25) is 14.6 Å². The second-order valence-electron chi connectivity index (χ2n) is 7.01. The van der Waals surface area contributed by atoms with Gasteiger partial charge in [0, 0.05) is 18.7 Å². The van der Waals surface area contributed by atoms with E-state index in [1.54, 1.807) is 18.2 Å². The molecule has 2 aromatic rings. The van der Waals surface area contributed by atoms with E-state index >= 15 is 0 Å². The van der Waals surface area contributed by atoms with Gasteiger partial charge in [0.2, 0.25) is 0 Å². The maximum Gasteiger partial charge on any atom is 0.259 e. The van der Waals surface area contributed by atoms with Crippen LogP contribution < -0.4 is 5.56 Å². The number of nitrogens with one attached hydrogen (secondary N) is 2. The van der Waals surface area contributed by atoms with Crippen LogP contribution in [0.15, 0.2) is 23.0 Å². The molecule has 1 saturated carbocycles. The van der Waals surface area contributed by atoms with Gasteiger partial charge in [-0.25, -0.2) is 0 Å². The maximum atomic E-state index is 12.9. The Morgan fingerprint density at radius 1 is 1.12 bits per heavy atom. The number of benzene rings is 1. The van der Waals surface area contributed by atoms with Crippen molar-refractivity contribution in [3.05, 3.63) is 38.9 Å². The van der Waals surface area contributed by atoms with Gasteiger partial charge in [0.05, 0.1) is 10.9 Å². The molecule has 2 fully saturated rings.